The molecule has 0 rings (SSSR count). The molecule has 474 valence electrons. The summed E-state index contributed by atoms with van der Waals surface area (Å²) in [6, 6.07) is -0.898. The number of unbranched alkanes of at least 4 members (excludes halogenated alkanes) is 39. The molecule has 0 fully saturated rings. The molecule has 0 aliphatic heterocycles. The fourth-order valence-corrected chi connectivity index (χ4v) is 10.8. The highest BCUT2D eigenvalue weighted by molar-refractivity contribution is 7.45. The van der Waals surface area contributed by atoms with Crippen LogP contribution in [-0.4, -0.2) is 69.4 Å². The number of carbonyl (C=O) groups excluding carboxylic acids is 2. The van der Waals surface area contributed by atoms with Gasteiger partial charge in [0.1, 0.15) is 19.3 Å². The number of carbonyl (C=O) groups is 2. The monoisotopic (exact) mass is 1160 g/mol. The van der Waals surface area contributed by atoms with Crippen molar-refractivity contribution < 1.29 is 37.3 Å². The van der Waals surface area contributed by atoms with Gasteiger partial charge in [-0.05, 0) is 76.7 Å². The van der Waals surface area contributed by atoms with Gasteiger partial charge in [-0.1, -0.05) is 300 Å². The molecule has 81 heavy (non-hydrogen) atoms. The topological polar surface area (TPSA) is 114 Å². The van der Waals surface area contributed by atoms with E-state index in [1.165, 1.54) is 199 Å². The summed E-state index contributed by atoms with van der Waals surface area (Å²) < 4.78 is 30.4. The van der Waals surface area contributed by atoms with Crippen LogP contribution in [0.15, 0.2) is 60.8 Å². The van der Waals surface area contributed by atoms with Crippen LogP contribution in [0.5, 0.6) is 0 Å². The van der Waals surface area contributed by atoms with Crippen LogP contribution in [0.2, 0.25) is 0 Å². The van der Waals surface area contributed by atoms with Gasteiger partial charge in [0.25, 0.3) is 7.82 Å². The second-order valence-electron chi connectivity index (χ2n) is 24.7. The average Bonchev–Trinajstić information content (AvgIpc) is 3.44. The number of hydrogen-bond donors (Lipinski definition) is 1. The summed E-state index contributed by atoms with van der Waals surface area (Å²) in [6.07, 6.45) is 77.7. The smallest absolute Gasteiger partial charge is 0.306 e. The summed E-state index contributed by atoms with van der Waals surface area (Å²) in [4.78, 5) is 40.1. The highest BCUT2D eigenvalue weighted by Gasteiger charge is 2.27. The second-order valence-corrected chi connectivity index (χ2v) is 26.1. The van der Waals surface area contributed by atoms with Crippen molar-refractivity contribution in [1.29, 1.82) is 0 Å². The van der Waals surface area contributed by atoms with Gasteiger partial charge < -0.3 is 28.5 Å². The molecule has 0 radical (unpaired) electrons. The number of amides is 1. The van der Waals surface area contributed by atoms with Crippen molar-refractivity contribution in [3.63, 3.8) is 0 Å². The lowest BCUT2D eigenvalue weighted by Gasteiger charge is -2.30. The quantitative estimate of drug-likeness (QED) is 0.0212. The van der Waals surface area contributed by atoms with Crippen molar-refractivity contribution in [2.45, 2.75) is 341 Å². The van der Waals surface area contributed by atoms with E-state index in [9.17, 15) is 19.0 Å². The summed E-state index contributed by atoms with van der Waals surface area (Å²) in [5.74, 6) is -0.550. The van der Waals surface area contributed by atoms with Crippen molar-refractivity contribution in [1.82, 2.24) is 5.32 Å². The van der Waals surface area contributed by atoms with Gasteiger partial charge in [-0.15, -0.1) is 0 Å². The molecule has 0 aromatic carbocycles. The van der Waals surface area contributed by atoms with Gasteiger partial charge in [0.2, 0.25) is 5.91 Å². The van der Waals surface area contributed by atoms with E-state index in [-0.39, 0.29) is 24.9 Å². The molecule has 0 bridgehead atoms. The van der Waals surface area contributed by atoms with E-state index < -0.39 is 26.6 Å². The van der Waals surface area contributed by atoms with E-state index in [2.05, 4.69) is 74.7 Å². The Bertz CT molecular complexity index is 1570. The SMILES string of the molecule is CCCCC/C=C\C/C=C\C/C=C\C/C=C\CCCCCCCC(=O)NC(COP(=O)([O-])OCC[N+](C)(C)C)C(/C=C/CCCCCCCCCCC)OC(=O)CCCCCCCCCCCCCCCCCCCCCCCCC. The summed E-state index contributed by atoms with van der Waals surface area (Å²) >= 11 is 0. The maximum atomic E-state index is 13.6. The zero-order chi connectivity index (χ0) is 59.3. The van der Waals surface area contributed by atoms with Gasteiger partial charge in [-0.25, -0.2) is 0 Å². The first-order valence-corrected chi connectivity index (χ1v) is 36.1. The minimum atomic E-state index is -4.71. The number of nitrogens with one attached hydrogen (secondary N) is 1. The summed E-state index contributed by atoms with van der Waals surface area (Å²) in [6.45, 7) is 6.83. The van der Waals surface area contributed by atoms with Crippen LogP contribution in [0.25, 0.3) is 0 Å². The number of nitrogens with zero attached hydrogens (tertiary/aromatic N) is 1. The standard InChI is InChI=1S/C71H133N2O7P/c1-7-10-13-16-19-22-25-27-29-31-33-35-36-38-40-42-44-46-49-52-55-58-61-64-71(75)80-69(62-59-56-53-50-47-24-21-18-15-12-9-3)68(67-79-81(76,77)78-66-65-73(4,5)6)72-70(74)63-60-57-54-51-48-45-43-41-39-37-34-32-30-28-26-23-20-17-14-11-8-2/h20,23,28,30,34,37,41,43,59,62,68-69H,7-19,21-22,24-27,29,31-33,35-36,38-40,42,44-58,60-61,63-67H2,1-6H3,(H-,72,74,76,77)/b23-20-,30-28-,37-34-,43-41-,62-59+. The van der Waals surface area contributed by atoms with Crippen LogP contribution in [0, 0.1) is 0 Å². The van der Waals surface area contributed by atoms with Gasteiger partial charge in [-0.2, -0.15) is 0 Å². The molecule has 10 heteroatoms. The Kier molecular flexibility index (Phi) is 59.1. The minimum Gasteiger partial charge on any atom is -0.756 e. The third-order valence-electron chi connectivity index (χ3n) is 15.5. The lowest BCUT2D eigenvalue weighted by Crippen LogP contribution is -2.47. The molecule has 0 aromatic heterocycles. The van der Waals surface area contributed by atoms with Crippen LogP contribution < -0.4 is 10.2 Å². The Morgan fingerprint density at radius 2 is 0.753 bits per heavy atom. The number of ether oxygens (including phenoxy) is 1. The van der Waals surface area contributed by atoms with Crippen molar-refractivity contribution in [2.75, 3.05) is 40.9 Å². The Hall–Kier alpha value is -2.29. The first kappa shape index (κ1) is 78.7. The lowest BCUT2D eigenvalue weighted by molar-refractivity contribution is -0.870. The van der Waals surface area contributed by atoms with Crippen LogP contribution in [0.4, 0.5) is 0 Å². The number of allylic oxidation sites excluding steroid dienone is 9. The predicted octanol–water partition coefficient (Wildman–Crippen LogP) is 21.2. The molecule has 1 N–H and O–H groups in total. The highest BCUT2D eigenvalue weighted by atomic mass is 31.2. The molecule has 0 aliphatic rings. The molecule has 0 spiro atoms. The molecule has 9 nitrogen and oxygen atoms in total. The molecule has 3 atom stereocenters. The van der Waals surface area contributed by atoms with Gasteiger partial charge >= 0.3 is 5.97 Å². The molecule has 0 saturated heterocycles. The van der Waals surface area contributed by atoms with Crippen molar-refractivity contribution in [3.8, 4) is 0 Å². The number of likely N-dealkylation sites (N-methyl/N-ethyl adjacent to an activating group) is 1. The molecule has 3 unspecified atom stereocenters. The summed E-state index contributed by atoms with van der Waals surface area (Å²) in [5.41, 5.74) is 0. The summed E-state index contributed by atoms with van der Waals surface area (Å²) in [5, 5.41) is 3.03. The lowest BCUT2D eigenvalue weighted by atomic mass is 10.0. The molecule has 0 saturated carbocycles. The number of esters is 1. The minimum absolute atomic E-state index is 0.0263. The van der Waals surface area contributed by atoms with Gasteiger partial charge in [0, 0.05) is 12.8 Å². The second kappa shape index (κ2) is 60.8. The number of quaternary nitrogens is 1. The number of phosphoric ester groups is 1. The maximum Gasteiger partial charge on any atom is 0.306 e. The molecular weight excluding hydrogens is 1020 g/mol. The third kappa shape index (κ3) is 62.1. The normalized spacial score (nSPS) is 13.9. The van der Waals surface area contributed by atoms with E-state index in [0.29, 0.717) is 17.4 Å². The van der Waals surface area contributed by atoms with Gasteiger partial charge in [-0.3, -0.25) is 14.2 Å². The van der Waals surface area contributed by atoms with E-state index in [4.69, 9.17) is 13.8 Å². The fraction of sp³-hybridized carbons (Fsp3) is 0.831. The van der Waals surface area contributed by atoms with Crippen molar-refractivity contribution in [2.24, 2.45) is 0 Å². The number of hydrogen-bond acceptors (Lipinski definition) is 7. The number of phosphoric acid groups is 1. The van der Waals surface area contributed by atoms with Crippen molar-refractivity contribution >= 4 is 19.7 Å². The average molecular weight is 1160 g/mol. The van der Waals surface area contributed by atoms with Gasteiger partial charge in [0.05, 0.1) is 33.8 Å². The summed E-state index contributed by atoms with van der Waals surface area (Å²) in [7, 11) is 1.18. The predicted molar refractivity (Wildman–Crippen MR) is 349 cm³/mol. The zero-order valence-corrected chi connectivity index (χ0v) is 55.1. The van der Waals surface area contributed by atoms with Crippen LogP contribution in [0.3, 0.4) is 0 Å². The first-order chi connectivity index (χ1) is 39.4. The van der Waals surface area contributed by atoms with E-state index in [0.717, 1.165) is 96.3 Å². The van der Waals surface area contributed by atoms with E-state index in [1.54, 1.807) is 0 Å². The third-order valence-corrected chi connectivity index (χ3v) is 16.4. The van der Waals surface area contributed by atoms with E-state index >= 15 is 0 Å². The van der Waals surface area contributed by atoms with Gasteiger partial charge in [0.15, 0.2) is 0 Å². The molecule has 1 amide bonds. The fourth-order valence-electron chi connectivity index (χ4n) is 10.1. The first-order valence-electron chi connectivity index (χ1n) is 34.6. The molecule has 0 heterocycles. The van der Waals surface area contributed by atoms with Crippen molar-refractivity contribution in [3.05, 3.63) is 60.8 Å². The molecule has 0 aromatic rings. The molecule has 0 aliphatic carbocycles. The Balaban J connectivity index is 5.09. The van der Waals surface area contributed by atoms with Crippen LogP contribution >= 0.6 is 7.82 Å². The highest BCUT2D eigenvalue weighted by Crippen LogP contribution is 2.38. The van der Waals surface area contributed by atoms with Crippen LogP contribution in [-0.2, 0) is 27.9 Å². The maximum absolute atomic E-state index is 13.6. The largest absolute Gasteiger partial charge is 0.756 e. The van der Waals surface area contributed by atoms with E-state index in [1.807, 2.05) is 33.3 Å². The zero-order valence-electron chi connectivity index (χ0n) is 54.2. The Labute approximate surface area is 502 Å². The molecular formula is C71H133N2O7P. The number of rotatable bonds is 63. The Morgan fingerprint density at radius 1 is 0.432 bits per heavy atom. The van der Waals surface area contributed by atoms with Crippen LogP contribution in [0.1, 0.15) is 329 Å². The Morgan fingerprint density at radius 3 is 1.15 bits per heavy atom.